The molecule has 236 valence electrons. The maximum absolute atomic E-state index is 12.9. The van der Waals surface area contributed by atoms with Crippen molar-refractivity contribution in [2.45, 2.75) is 81.0 Å². The molecule has 11 atom stereocenters. The van der Waals surface area contributed by atoms with Crippen LogP contribution >= 0.6 is 0 Å². The monoisotopic (exact) mass is 608 g/mol. The third-order valence-corrected chi connectivity index (χ3v) is 8.21. The minimum atomic E-state index is -1.74. The Morgan fingerprint density at radius 3 is 2.30 bits per heavy atom. The summed E-state index contributed by atoms with van der Waals surface area (Å²) in [5, 5.41) is 82.7. The number of phenolic OH excluding ortho intramolecular Hbond substituents is 2. The van der Waals surface area contributed by atoms with Gasteiger partial charge in [0, 0.05) is 12.1 Å². The number of aromatic hydroxyl groups is 2. The van der Waals surface area contributed by atoms with Crippen LogP contribution in [-0.4, -0.2) is 115 Å². The van der Waals surface area contributed by atoms with E-state index in [1.165, 1.54) is 25.3 Å². The second-order valence-electron chi connectivity index (χ2n) is 11.2. The predicted molar refractivity (Wildman–Crippen MR) is 144 cm³/mol. The molecule has 5 rings (SSSR count). The van der Waals surface area contributed by atoms with Gasteiger partial charge in [0.2, 0.25) is 6.29 Å². The standard InChI is InChI=1S/C29H36O14/c1-11-5-20(24(34)26(36)23(11)33)40-10-21-25(35)27(37)28(38)29(43-21)41-13-7-15(31)22-16(32)9-18(42-19(22)8-13)12-3-4-17(39-2)14(30)6-12/h3-4,6-8,11,18,20-21,23-31,33-38H,5,9-10H2,1-2H3/t11?,18-,20?,21?,23?,24?,25?,26?,27?,28?,29?/m0/s1. The van der Waals surface area contributed by atoms with Gasteiger partial charge in [-0.3, -0.25) is 4.79 Å². The van der Waals surface area contributed by atoms with Gasteiger partial charge < -0.3 is 64.5 Å². The van der Waals surface area contributed by atoms with Crippen LogP contribution in [0.3, 0.4) is 0 Å². The average Bonchev–Trinajstić information content (AvgIpc) is 2.97. The van der Waals surface area contributed by atoms with Crippen LogP contribution in [0.15, 0.2) is 30.3 Å². The Bertz CT molecular complexity index is 1320. The number of phenols is 2. The SMILES string of the molecule is COc1ccc([C@@H]2CC(=O)c3c(O)cc(OC4OC(COC5CC(C)C(O)C(O)C5O)C(O)C(O)C4O)cc3O2)cc1O. The number of hydrogen-bond acceptors (Lipinski definition) is 14. The lowest BCUT2D eigenvalue weighted by atomic mass is 9.82. The van der Waals surface area contributed by atoms with Crippen molar-refractivity contribution >= 4 is 5.78 Å². The number of fused-ring (bicyclic) bond motifs is 1. The third kappa shape index (κ3) is 6.10. The van der Waals surface area contributed by atoms with Crippen molar-refractivity contribution in [2.24, 2.45) is 5.92 Å². The number of methoxy groups -OCH3 is 1. The highest BCUT2D eigenvalue weighted by atomic mass is 16.7. The van der Waals surface area contributed by atoms with Crippen LogP contribution in [0.25, 0.3) is 0 Å². The summed E-state index contributed by atoms with van der Waals surface area (Å²) in [6, 6.07) is 6.96. The number of rotatable bonds is 7. The van der Waals surface area contributed by atoms with Crippen molar-refractivity contribution in [3.63, 3.8) is 0 Å². The number of Topliss-reactive ketones (excluding diaryl/α,β-unsaturated/α-hetero) is 1. The molecule has 1 saturated heterocycles. The zero-order chi connectivity index (χ0) is 31.2. The van der Waals surface area contributed by atoms with Crippen LogP contribution in [-0.2, 0) is 9.47 Å². The second-order valence-corrected chi connectivity index (χ2v) is 11.2. The van der Waals surface area contributed by atoms with Crippen LogP contribution in [0.5, 0.6) is 28.7 Å². The lowest BCUT2D eigenvalue weighted by Crippen LogP contribution is -2.61. The predicted octanol–water partition coefficient (Wildman–Crippen LogP) is -0.493. The van der Waals surface area contributed by atoms with Gasteiger partial charge in [0.05, 0.1) is 32.3 Å². The number of aliphatic hydroxyl groups excluding tert-OH is 6. The van der Waals surface area contributed by atoms with E-state index in [9.17, 15) is 45.6 Å². The van der Waals surface area contributed by atoms with Crippen LogP contribution in [0, 0.1) is 5.92 Å². The molecule has 2 fully saturated rings. The Hall–Kier alpha value is -3.21. The zero-order valence-corrected chi connectivity index (χ0v) is 23.4. The molecule has 0 spiro atoms. The van der Waals surface area contributed by atoms with Gasteiger partial charge >= 0.3 is 0 Å². The van der Waals surface area contributed by atoms with Crippen molar-refractivity contribution in [2.75, 3.05) is 13.7 Å². The average molecular weight is 609 g/mol. The van der Waals surface area contributed by atoms with E-state index in [2.05, 4.69) is 0 Å². The normalized spacial score (nSPS) is 36.0. The summed E-state index contributed by atoms with van der Waals surface area (Å²) in [6.07, 6.45) is -13.5. The molecule has 2 aromatic carbocycles. The quantitative estimate of drug-likeness (QED) is 0.199. The lowest BCUT2D eigenvalue weighted by Gasteiger charge is -2.42. The van der Waals surface area contributed by atoms with Gasteiger partial charge in [0.25, 0.3) is 0 Å². The smallest absolute Gasteiger partial charge is 0.229 e. The van der Waals surface area contributed by atoms with E-state index in [1.807, 2.05) is 0 Å². The zero-order valence-electron chi connectivity index (χ0n) is 23.4. The first-order valence-electron chi connectivity index (χ1n) is 13.9. The fourth-order valence-electron chi connectivity index (χ4n) is 5.65. The molecule has 1 saturated carbocycles. The van der Waals surface area contributed by atoms with Crippen molar-refractivity contribution in [1.82, 2.24) is 0 Å². The van der Waals surface area contributed by atoms with Crippen molar-refractivity contribution in [3.05, 3.63) is 41.5 Å². The molecule has 2 heterocycles. The Labute approximate surface area is 246 Å². The summed E-state index contributed by atoms with van der Waals surface area (Å²) >= 11 is 0. The number of ketones is 1. The summed E-state index contributed by atoms with van der Waals surface area (Å²) in [4.78, 5) is 12.9. The fourth-order valence-corrected chi connectivity index (χ4v) is 5.65. The molecule has 14 heteroatoms. The maximum atomic E-state index is 12.9. The van der Waals surface area contributed by atoms with E-state index >= 15 is 0 Å². The van der Waals surface area contributed by atoms with E-state index in [-0.39, 0.29) is 53.9 Å². The van der Waals surface area contributed by atoms with Gasteiger partial charge in [0.15, 0.2) is 17.3 Å². The lowest BCUT2D eigenvalue weighted by molar-refractivity contribution is -0.285. The van der Waals surface area contributed by atoms with E-state index in [4.69, 9.17) is 23.7 Å². The number of benzene rings is 2. The third-order valence-electron chi connectivity index (χ3n) is 8.21. The van der Waals surface area contributed by atoms with Crippen LogP contribution in [0.2, 0.25) is 0 Å². The van der Waals surface area contributed by atoms with Gasteiger partial charge in [0.1, 0.15) is 65.5 Å². The van der Waals surface area contributed by atoms with Gasteiger partial charge in [-0.05, 0) is 30.0 Å². The summed E-state index contributed by atoms with van der Waals surface area (Å²) in [5.41, 5.74) is 0.398. The van der Waals surface area contributed by atoms with Gasteiger partial charge in [-0.2, -0.15) is 0 Å². The highest BCUT2D eigenvalue weighted by Gasteiger charge is 2.47. The number of carbonyl (C=O) groups excluding carboxylic acids is 1. The molecule has 14 nitrogen and oxygen atoms in total. The van der Waals surface area contributed by atoms with Crippen molar-refractivity contribution < 1.29 is 69.3 Å². The number of aliphatic hydroxyl groups is 6. The first kappa shape index (κ1) is 31.2. The Kier molecular flexibility index (Phi) is 9.02. The first-order valence-corrected chi connectivity index (χ1v) is 13.9. The second kappa shape index (κ2) is 12.4. The number of hydrogen-bond donors (Lipinski definition) is 8. The Balaban J connectivity index is 1.30. The summed E-state index contributed by atoms with van der Waals surface area (Å²) < 4.78 is 28.1. The topological polar surface area (TPSA) is 225 Å². The van der Waals surface area contributed by atoms with Gasteiger partial charge in [-0.25, -0.2) is 0 Å². The summed E-state index contributed by atoms with van der Waals surface area (Å²) in [5.74, 6) is -1.30. The van der Waals surface area contributed by atoms with Crippen molar-refractivity contribution in [1.29, 1.82) is 0 Å². The molecule has 0 aromatic heterocycles. The molecule has 1 aliphatic carbocycles. The van der Waals surface area contributed by atoms with Crippen LogP contribution in [0.4, 0.5) is 0 Å². The molecular weight excluding hydrogens is 572 g/mol. The summed E-state index contributed by atoms with van der Waals surface area (Å²) in [7, 11) is 1.40. The minimum absolute atomic E-state index is 0.0292. The Morgan fingerprint density at radius 2 is 1.60 bits per heavy atom. The van der Waals surface area contributed by atoms with E-state index in [0.29, 0.717) is 5.56 Å². The molecule has 10 unspecified atom stereocenters. The largest absolute Gasteiger partial charge is 0.507 e. The van der Waals surface area contributed by atoms with E-state index in [0.717, 1.165) is 6.07 Å². The molecule has 8 N–H and O–H groups in total. The first-order chi connectivity index (χ1) is 20.4. The van der Waals surface area contributed by atoms with E-state index in [1.54, 1.807) is 13.0 Å². The fraction of sp³-hybridized carbons (Fsp3) is 0.552. The molecule has 2 aliphatic heterocycles. The molecular formula is C29H36O14. The van der Waals surface area contributed by atoms with Crippen LogP contribution in [0.1, 0.15) is 41.8 Å². The molecule has 0 amide bonds. The molecule has 0 bridgehead atoms. The Morgan fingerprint density at radius 1 is 0.884 bits per heavy atom. The van der Waals surface area contributed by atoms with Crippen molar-refractivity contribution in [3.8, 4) is 28.7 Å². The van der Waals surface area contributed by atoms with E-state index < -0.39 is 72.8 Å². The highest BCUT2D eigenvalue weighted by Crippen LogP contribution is 2.43. The number of carbonyl (C=O) groups is 1. The molecule has 2 aromatic rings. The molecule has 3 aliphatic rings. The van der Waals surface area contributed by atoms with Gasteiger partial charge in [-0.15, -0.1) is 0 Å². The van der Waals surface area contributed by atoms with Gasteiger partial charge in [-0.1, -0.05) is 13.0 Å². The summed E-state index contributed by atoms with van der Waals surface area (Å²) in [6.45, 7) is 1.31. The maximum Gasteiger partial charge on any atom is 0.229 e. The molecule has 0 radical (unpaired) electrons. The highest BCUT2D eigenvalue weighted by molar-refractivity contribution is 6.02. The van der Waals surface area contributed by atoms with Crippen LogP contribution < -0.4 is 14.2 Å². The minimum Gasteiger partial charge on any atom is -0.507 e. The number of ether oxygens (including phenoxy) is 5. The molecule has 43 heavy (non-hydrogen) atoms.